The lowest BCUT2D eigenvalue weighted by Gasteiger charge is -2.35. The van der Waals surface area contributed by atoms with Gasteiger partial charge in [-0.1, -0.05) is 23.9 Å². The van der Waals surface area contributed by atoms with E-state index in [2.05, 4.69) is 53.4 Å². The molecule has 2 aliphatic rings. The van der Waals surface area contributed by atoms with Crippen molar-refractivity contribution in [3.8, 4) is 0 Å². The van der Waals surface area contributed by atoms with Crippen molar-refractivity contribution in [2.45, 2.75) is 14.7 Å². The van der Waals surface area contributed by atoms with Crippen molar-refractivity contribution >= 4 is 40.8 Å². The molecule has 6 heteroatoms. The molecule has 0 bridgehead atoms. The highest BCUT2D eigenvalue weighted by atomic mass is 32.2. The molecule has 1 saturated heterocycles. The summed E-state index contributed by atoms with van der Waals surface area (Å²) >= 11 is 3.46. The molecular weight excluding hydrogens is 362 g/mol. The Balaban J connectivity index is 1.66. The first-order valence-corrected chi connectivity index (χ1v) is 10.9. The first kappa shape index (κ1) is 17.9. The number of nitrogens with zero attached hydrogens (tertiary/aromatic N) is 3. The van der Waals surface area contributed by atoms with Crippen LogP contribution in [0.4, 0.5) is 11.4 Å². The van der Waals surface area contributed by atoms with Crippen LogP contribution in [0.3, 0.4) is 0 Å². The van der Waals surface area contributed by atoms with Gasteiger partial charge in [0.15, 0.2) is 0 Å². The summed E-state index contributed by atoms with van der Waals surface area (Å²) in [5.74, 6) is 0.154. The summed E-state index contributed by atoms with van der Waals surface area (Å²) in [6, 6.07) is 14.6. The first-order valence-electron chi connectivity index (χ1n) is 8.84. The van der Waals surface area contributed by atoms with Crippen LogP contribution in [0.5, 0.6) is 0 Å². The minimum atomic E-state index is 0.154. The van der Waals surface area contributed by atoms with E-state index >= 15 is 0 Å². The zero-order valence-corrected chi connectivity index (χ0v) is 16.8. The number of rotatable bonds is 3. The van der Waals surface area contributed by atoms with Crippen LogP contribution in [0.1, 0.15) is 0 Å². The second-order valence-electron chi connectivity index (χ2n) is 6.71. The van der Waals surface area contributed by atoms with E-state index in [-0.39, 0.29) is 5.91 Å². The Morgan fingerprint density at radius 1 is 1.04 bits per heavy atom. The number of amides is 1. The molecule has 0 aromatic heterocycles. The molecule has 0 aliphatic carbocycles. The number of para-hydroxylation sites is 1. The molecule has 2 aromatic carbocycles. The van der Waals surface area contributed by atoms with E-state index in [0.29, 0.717) is 6.54 Å². The Hall–Kier alpha value is -1.47. The zero-order valence-electron chi connectivity index (χ0n) is 15.1. The number of carbonyl (C=O) groups excluding carboxylic acids is 1. The van der Waals surface area contributed by atoms with Crippen LogP contribution in [0.2, 0.25) is 0 Å². The van der Waals surface area contributed by atoms with E-state index in [1.165, 1.54) is 4.90 Å². The lowest BCUT2D eigenvalue weighted by Crippen LogP contribution is -2.48. The Bertz CT molecular complexity index is 818. The number of anilines is 2. The number of fused-ring (bicyclic) bond motifs is 2. The monoisotopic (exact) mass is 385 g/mol. The fraction of sp³-hybridized carbons (Fsp3) is 0.350. The molecule has 0 spiro atoms. The maximum atomic E-state index is 13.3. The smallest absolute Gasteiger partial charge is 0.245 e. The van der Waals surface area contributed by atoms with E-state index in [9.17, 15) is 4.79 Å². The van der Waals surface area contributed by atoms with Crippen molar-refractivity contribution in [1.29, 1.82) is 0 Å². The molecule has 0 unspecified atom stereocenters. The summed E-state index contributed by atoms with van der Waals surface area (Å²) in [6.45, 7) is 4.41. The first-order chi connectivity index (χ1) is 12.7. The molecule has 2 aliphatic heterocycles. The molecule has 1 amide bonds. The van der Waals surface area contributed by atoms with Crippen LogP contribution < -0.4 is 4.90 Å². The SMILES string of the molecule is CSc1ccc2c(c1)N(C(=O)CN1CCN(C)CC1)c1ccccc1S2. The van der Waals surface area contributed by atoms with Crippen molar-refractivity contribution in [1.82, 2.24) is 9.80 Å². The Morgan fingerprint density at radius 3 is 2.54 bits per heavy atom. The average Bonchev–Trinajstić information content (AvgIpc) is 2.67. The van der Waals surface area contributed by atoms with Crippen molar-refractivity contribution in [3.05, 3.63) is 42.5 Å². The number of hydrogen-bond acceptors (Lipinski definition) is 5. The van der Waals surface area contributed by atoms with Crippen molar-refractivity contribution in [2.24, 2.45) is 0 Å². The number of benzene rings is 2. The van der Waals surface area contributed by atoms with Gasteiger partial charge in [-0.15, -0.1) is 11.8 Å². The van der Waals surface area contributed by atoms with Gasteiger partial charge in [-0.05, 0) is 43.6 Å². The van der Waals surface area contributed by atoms with Crippen LogP contribution in [-0.2, 0) is 4.79 Å². The van der Waals surface area contributed by atoms with Gasteiger partial charge in [0, 0.05) is 40.9 Å². The average molecular weight is 386 g/mol. The zero-order chi connectivity index (χ0) is 18.1. The number of hydrogen-bond donors (Lipinski definition) is 0. The third-order valence-corrected chi connectivity index (χ3v) is 6.79. The predicted molar refractivity (Wildman–Crippen MR) is 110 cm³/mol. The Labute approximate surface area is 163 Å². The quantitative estimate of drug-likeness (QED) is 0.750. The minimum Gasteiger partial charge on any atom is -0.304 e. The summed E-state index contributed by atoms with van der Waals surface area (Å²) < 4.78 is 0. The van der Waals surface area contributed by atoms with Gasteiger partial charge >= 0.3 is 0 Å². The van der Waals surface area contributed by atoms with Gasteiger partial charge in [0.2, 0.25) is 5.91 Å². The number of likely N-dealkylation sites (N-methyl/N-ethyl adjacent to an activating group) is 1. The summed E-state index contributed by atoms with van der Waals surface area (Å²) in [4.78, 5) is 23.3. The van der Waals surface area contributed by atoms with Gasteiger partial charge in [-0.25, -0.2) is 0 Å². The third-order valence-electron chi connectivity index (χ3n) is 4.94. The van der Waals surface area contributed by atoms with E-state index in [1.54, 1.807) is 23.5 Å². The number of piperazine rings is 1. The van der Waals surface area contributed by atoms with E-state index in [4.69, 9.17) is 0 Å². The molecular formula is C20H23N3OS2. The predicted octanol–water partition coefficient (Wildman–Crippen LogP) is 3.79. The molecule has 0 saturated carbocycles. The van der Waals surface area contributed by atoms with Crippen LogP contribution in [0.25, 0.3) is 0 Å². The molecule has 136 valence electrons. The second-order valence-corrected chi connectivity index (χ2v) is 8.68. The van der Waals surface area contributed by atoms with Gasteiger partial charge in [-0.2, -0.15) is 0 Å². The molecule has 4 rings (SSSR count). The van der Waals surface area contributed by atoms with Crippen molar-refractivity contribution < 1.29 is 4.79 Å². The highest BCUT2D eigenvalue weighted by molar-refractivity contribution is 8.00. The Kier molecular flexibility index (Phi) is 5.27. The highest BCUT2D eigenvalue weighted by Gasteiger charge is 2.29. The van der Waals surface area contributed by atoms with Gasteiger partial charge in [-0.3, -0.25) is 14.6 Å². The molecule has 4 nitrogen and oxygen atoms in total. The van der Waals surface area contributed by atoms with Crippen LogP contribution in [-0.4, -0.2) is 61.7 Å². The largest absolute Gasteiger partial charge is 0.304 e. The van der Waals surface area contributed by atoms with Gasteiger partial charge in [0.05, 0.1) is 17.9 Å². The second kappa shape index (κ2) is 7.64. The Morgan fingerprint density at radius 2 is 1.77 bits per heavy atom. The molecule has 0 N–H and O–H groups in total. The fourth-order valence-corrected chi connectivity index (χ4v) is 4.87. The topological polar surface area (TPSA) is 26.8 Å². The van der Waals surface area contributed by atoms with Crippen LogP contribution in [0, 0.1) is 0 Å². The lowest BCUT2D eigenvalue weighted by atomic mass is 10.2. The lowest BCUT2D eigenvalue weighted by molar-refractivity contribution is -0.119. The number of carbonyl (C=O) groups is 1. The highest BCUT2D eigenvalue weighted by Crippen LogP contribution is 2.48. The number of thioether (sulfide) groups is 1. The maximum Gasteiger partial charge on any atom is 0.245 e. The molecule has 1 fully saturated rings. The van der Waals surface area contributed by atoms with Gasteiger partial charge in [0.1, 0.15) is 0 Å². The summed E-state index contributed by atoms with van der Waals surface area (Å²) in [7, 11) is 2.14. The molecule has 2 aromatic rings. The third kappa shape index (κ3) is 3.51. The summed E-state index contributed by atoms with van der Waals surface area (Å²) in [5.41, 5.74) is 2.02. The van der Waals surface area contributed by atoms with Crippen molar-refractivity contribution in [3.63, 3.8) is 0 Å². The standard InChI is InChI=1S/C20H23N3OS2/c1-21-9-11-22(12-10-21)14-20(24)23-16-5-3-4-6-18(16)26-19-8-7-15(25-2)13-17(19)23/h3-8,13H,9-12,14H2,1-2H3. The molecule has 0 atom stereocenters. The minimum absolute atomic E-state index is 0.154. The molecule has 26 heavy (non-hydrogen) atoms. The van der Waals surface area contributed by atoms with E-state index in [0.717, 1.165) is 47.3 Å². The maximum absolute atomic E-state index is 13.3. The molecule has 2 heterocycles. The van der Waals surface area contributed by atoms with Gasteiger partial charge in [0.25, 0.3) is 0 Å². The summed E-state index contributed by atoms with van der Waals surface area (Å²) in [5, 5.41) is 0. The molecule has 0 radical (unpaired) electrons. The normalized spacial score (nSPS) is 17.7. The van der Waals surface area contributed by atoms with Crippen LogP contribution in [0.15, 0.2) is 57.2 Å². The van der Waals surface area contributed by atoms with Crippen molar-refractivity contribution in [2.75, 3.05) is 50.9 Å². The van der Waals surface area contributed by atoms with Crippen LogP contribution >= 0.6 is 23.5 Å². The van der Waals surface area contributed by atoms with Gasteiger partial charge < -0.3 is 4.90 Å². The van der Waals surface area contributed by atoms with E-state index in [1.807, 2.05) is 17.0 Å². The van der Waals surface area contributed by atoms with E-state index < -0.39 is 0 Å². The fourth-order valence-electron chi connectivity index (χ4n) is 3.40. The summed E-state index contributed by atoms with van der Waals surface area (Å²) in [6.07, 6.45) is 2.07.